The Balaban J connectivity index is 1.28. The van der Waals surface area contributed by atoms with Gasteiger partial charge in [-0.15, -0.1) is 0 Å². The standard InChI is InChI=1S/C26H22BrN3O2/c27-23-15-20(13-14-25(23)32-18-19-7-2-1-3-8-19)16-29-30-26(31)17-28-24-12-6-10-21-9-4-5-11-22(21)24/h1-16,28H,17-18H2,(H,30,31)/b29-16-. The highest BCUT2D eigenvalue weighted by Gasteiger charge is 2.04. The fourth-order valence-corrected chi connectivity index (χ4v) is 3.73. The normalized spacial score (nSPS) is 10.9. The van der Waals surface area contributed by atoms with Crippen molar-refractivity contribution >= 4 is 44.5 Å². The van der Waals surface area contributed by atoms with E-state index in [2.05, 4.69) is 31.8 Å². The van der Waals surface area contributed by atoms with Gasteiger partial charge in [0.05, 0.1) is 17.2 Å². The van der Waals surface area contributed by atoms with E-state index >= 15 is 0 Å². The molecule has 2 N–H and O–H groups in total. The molecule has 160 valence electrons. The lowest BCUT2D eigenvalue weighted by Crippen LogP contribution is -2.25. The van der Waals surface area contributed by atoms with Gasteiger partial charge < -0.3 is 10.1 Å². The summed E-state index contributed by atoms with van der Waals surface area (Å²) in [6, 6.07) is 29.6. The Morgan fingerprint density at radius 1 is 0.938 bits per heavy atom. The van der Waals surface area contributed by atoms with E-state index in [1.165, 1.54) is 0 Å². The van der Waals surface area contributed by atoms with E-state index in [0.29, 0.717) is 6.61 Å². The van der Waals surface area contributed by atoms with Gasteiger partial charge in [0.2, 0.25) is 0 Å². The molecule has 0 aliphatic rings. The van der Waals surface area contributed by atoms with E-state index in [1.54, 1.807) is 6.21 Å². The molecule has 4 aromatic rings. The molecule has 0 aromatic heterocycles. The molecule has 0 spiro atoms. The average molecular weight is 488 g/mol. The third-order valence-corrected chi connectivity index (χ3v) is 5.44. The maximum atomic E-state index is 12.2. The van der Waals surface area contributed by atoms with Gasteiger partial charge in [0.15, 0.2) is 0 Å². The van der Waals surface area contributed by atoms with Gasteiger partial charge in [-0.3, -0.25) is 4.79 Å². The smallest absolute Gasteiger partial charge is 0.259 e. The maximum absolute atomic E-state index is 12.2. The Hall–Kier alpha value is -3.64. The van der Waals surface area contributed by atoms with Crippen molar-refractivity contribution in [3.05, 3.63) is 107 Å². The minimum Gasteiger partial charge on any atom is -0.488 e. The molecule has 0 radical (unpaired) electrons. The Morgan fingerprint density at radius 3 is 2.56 bits per heavy atom. The number of nitrogens with one attached hydrogen (secondary N) is 2. The molecule has 32 heavy (non-hydrogen) atoms. The SMILES string of the molecule is O=C(CNc1cccc2ccccc12)N/N=C\c1ccc(OCc2ccccc2)c(Br)c1. The van der Waals surface area contributed by atoms with Crippen LogP contribution in [0, 0.1) is 0 Å². The lowest BCUT2D eigenvalue weighted by Gasteiger charge is -2.09. The molecule has 0 fully saturated rings. The maximum Gasteiger partial charge on any atom is 0.259 e. The van der Waals surface area contributed by atoms with Crippen molar-refractivity contribution in [3.63, 3.8) is 0 Å². The minimum atomic E-state index is -0.226. The van der Waals surface area contributed by atoms with Crippen LogP contribution in [0.2, 0.25) is 0 Å². The molecule has 6 heteroatoms. The number of carbonyl (C=O) groups is 1. The van der Waals surface area contributed by atoms with Gasteiger partial charge in [0.1, 0.15) is 12.4 Å². The number of anilines is 1. The molecule has 0 atom stereocenters. The van der Waals surface area contributed by atoms with Crippen LogP contribution in [-0.2, 0) is 11.4 Å². The summed E-state index contributed by atoms with van der Waals surface area (Å²) in [5.74, 6) is 0.519. The van der Waals surface area contributed by atoms with Crippen molar-refractivity contribution in [2.45, 2.75) is 6.61 Å². The lowest BCUT2D eigenvalue weighted by atomic mass is 10.1. The zero-order chi connectivity index (χ0) is 22.2. The topological polar surface area (TPSA) is 62.7 Å². The summed E-state index contributed by atoms with van der Waals surface area (Å²) in [6.45, 7) is 0.619. The molecule has 5 nitrogen and oxygen atoms in total. The number of nitrogens with zero attached hydrogens (tertiary/aromatic N) is 1. The van der Waals surface area contributed by atoms with Gasteiger partial charge in [-0.1, -0.05) is 66.7 Å². The van der Waals surface area contributed by atoms with Crippen molar-refractivity contribution in [1.82, 2.24) is 5.43 Å². The largest absolute Gasteiger partial charge is 0.488 e. The fourth-order valence-electron chi connectivity index (χ4n) is 3.22. The number of ether oxygens (including phenoxy) is 1. The number of hydrogen-bond acceptors (Lipinski definition) is 4. The van der Waals surface area contributed by atoms with Crippen molar-refractivity contribution in [1.29, 1.82) is 0 Å². The second-order valence-corrected chi connectivity index (χ2v) is 7.99. The molecule has 0 bridgehead atoms. The molecule has 0 saturated carbocycles. The van der Waals surface area contributed by atoms with Gasteiger partial charge in [-0.25, -0.2) is 5.43 Å². The molecule has 0 unspecified atom stereocenters. The number of hydrogen-bond donors (Lipinski definition) is 2. The Bertz CT molecular complexity index is 1240. The number of fused-ring (bicyclic) bond motifs is 1. The van der Waals surface area contributed by atoms with Crippen LogP contribution in [0.1, 0.15) is 11.1 Å². The molecule has 0 aliphatic heterocycles. The average Bonchev–Trinajstić information content (AvgIpc) is 2.83. The predicted molar refractivity (Wildman–Crippen MR) is 133 cm³/mol. The molecule has 0 heterocycles. The second-order valence-electron chi connectivity index (χ2n) is 7.14. The minimum absolute atomic E-state index is 0.126. The highest BCUT2D eigenvalue weighted by Crippen LogP contribution is 2.26. The van der Waals surface area contributed by atoms with E-state index in [0.717, 1.165) is 37.8 Å². The fraction of sp³-hybridized carbons (Fsp3) is 0.0769. The molecule has 4 aromatic carbocycles. The molecule has 0 saturated heterocycles. The molecule has 4 rings (SSSR count). The lowest BCUT2D eigenvalue weighted by molar-refractivity contribution is -0.119. The second kappa shape index (κ2) is 10.6. The quantitative estimate of drug-likeness (QED) is 0.246. The van der Waals surface area contributed by atoms with E-state index in [9.17, 15) is 4.79 Å². The summed E-state index contributed by atoms with van der Waals surface area (Å²) in [4.78, 5) is 12.2. The van der Waals surface area contributed by atoms with E-state index < -0.39 is 0 Å². The number of carbonyl (C=O) groups excluding carboxylic acids is 1. The molecular weight excluding hydrogens is 466 g/mol. The summed E-state index contributed by atoms with van der Waals surface area (Å²) in [6.07, 6.45) is 1.60. The van der Waals surface area contributed by atoms with Crippen LogP contribution < -0.4 is 15.5 Å². The highest BCUT2D eigenvalue weighted by molar-refractivity contribution is 9.10. The van der Waals surface area contributed by atoms with Gasteiger partial charge in [-0.2, -0.15) is 5.10 Å². The van der Waals surface area contributed by atoms with E-state index in [1.807, 2.05) is 91.0 Å². The van der Waals surface area contributed by atoms with Crippen LogP contribution in [0.5, 0.6) is 5.75 Å². The first kappa shape index (κ1) is 21.6. The first-order chi connectivity index (χ1) is 15.7. The third-order valence-electron chi connectivity index (χ3n) is 4.83. The number of hydrazone groups is 1. The molecule has 0 aliphatic carbocycles. The van der Waals surface area contributed by atoms with Crippen LogP contribution in [0.3, 0.4) is 0 Å². The van der Waals surface area contributed by atoms with Crippen molar-refractivity contribution < 1.29 is 9.53 Å². The van der Waals surface area contributed by atoms with Gasteiger partial charge in [0, 0.05) is 11.1 Å². The summed E-state index contributed by atoms with van der Waals surface area (Å²) >= 11 is 3.53. The summed E-state index contributed by atoms with van der Waals surface area (Å²) in [5.41, 5.74) is 5.41. The predicted octanol–water partition coefficient (Wildman–Crippen LogP) is 5.74. The van der Waals surface area contributed by atoms with Crippen molar-refractivity contribution in [2.24, 2.45) is 5.10 Å². The third kappa shape index (κ3) is 5.74. The van der Waals surface area contributed by atoms with Crippen LogP contribution in [0.4, 0.5) is 5.69 Å². The van der Waals surface area contributed by atoms with Crippen LogP contribution in [0.25, 0.3) is 10.8 Å². The van der Waals surface area contributed by atoms with E-state index in [4.69, 9.17) is 4.74 Å². The Morgan fingerprint density at radius 2 is 1.72 bits per heavy atom. The zero-order valence-corrected chi connectivity index (χ0v) is 18.9. The van der Waals surface area contributed by atoms with Crippen LogP contribution in [-0.4, -0.2) is 18.7 Å². The zero-order valence-electron chi connectivity index (χ0n) is 17.3. The first-order valence-corrected chi connectivity index (χ1v) is 11.0. The number of amides is 1. The Labute approximate surface area is 195 Å². The number of halogens is 1. The monoisotopic (exact) mass is 487 g/mol. The van der Waals surface area contributed by atoms with Crippen molar-refractivity contribution in [2.75, 3.05) is 11.9 Å². The number of rotatable bonds is 8. The van der Waals surface area contributed by atoms with Gasteiger partial charge >= 0.3 is 0 Å². The summed E-state index contributed by atoms with van der Waals surface area (Å²) in [5, 5.41) is 9.42. The number of benzene rings is 4. The van der Waals surface area contributed by atoms with Gasteiger partial charge in [0.25, 0.3) is 5.91 Å². The highest BCUT2D eigenvalue weighted by atomic mass is 79.9. The van der Waals surface area contributed by atoms with E-state index in [-0.39, 0.29) is 12.5 Å². The van der Waals surface area contributed by atoms with Gasteiger partial charge in [-0.05, 0) is 56.7 Å². The van der Waals surface area contributed by atoms with Crippen molar-refractivity contribution in [3.8, 4) is 5.75 Å². The Kier molecular flexibility index (Phi) is 7.15. The molecule has 1 amide bonds. The van der Waals surface area contributed by atoms with Crippen LogP contribution >= 0.6 is 15.9 Å². The summed E-state index contributed by atoms with van der Waals surface area (Å²) < 4.78 is 6.68. The summed E-state index contributed by atoms with van der Waals surface area (Å²) in [7, 11) is 0. The first-order valence-electron chi connectivity index (χ1n) is 10.2. The van der Waals surface area contributed by atoms with Crippen LogP contribution in [0.15, 0.2) is 101 Å². The molecular formula is C26H22BrN3O2.